The summed E-state index contributed by atoms with van der Waals surface area (Å²) in [7, 11) is 0. The van der Waals surface area contributed by atoms with Crippen molar-refractivity contribution < 1.29 is 19.8 Å². The molecule has 4 nitrogen and oxygen atoms in total. The highest BCUT2D eigenvalue weighted by atomic mass is 16.4. The Labute approximate surface area is 201 Å². The van der Waals surface area contributed by atoms with Crippen molar-refractivity contribution in [3.05, 3.63) is 36.5 Å². The maximum Gasteiger partial charge on any atom is 0.309 e. The van der Waals surface area contributed by atoms with Gasteiger partial charge in [0, 0.05) is 0 Å². The van der Waals surface area contributed by atoms with E-state index in [0.717, 1.165) is 77.0 Å². The van der Waals surface area contributed by atoms with Gasteiger partial charge in [0.25, 0.3) is 0 Å². The first kappa shape index (κ1) is 27.4. The van der Waals surface area contributed by atoms with Gasteiger partial charge < -0.3 is 10.2 Å². The van der Waals surface area contributed by atoms with E-state index in [2.05, 4.69) is 24.3 Å². The third kappa shape index (κ3) is 9.51. The number of rotatable bonds is 17. The molecule has 0 spiro atoms. The lowest BCUT2D eigenvalue weighted by atomic mass is 9.73. The van der Waals surface area contributed by atoms with Crippen LogP contribution in [-0.2, 0) is 9.59 Å². The third-order valence-corrected chi connectivity index (χ3v) is 7.81. The highest BCUT2D eigenvalue weighted by Crippen LogP contribution is 2.39. The minimum atomic E-state index is -0.611. The smallest absolute Gasteiger partial charge is 0.309 e. The maximum atomic E-state index is 11.7. The zero-order valence-electron chi connectivity index (χ0n) is 20.6. The highest BCUT2D eigenvalue weighted by molar-refractivity contribution is 5.75. The van der Waals surface area contributed by atoms with E-state index < -0.39 is 22.8 Å². The van der Waals surface area contributed by atoms with Gasteiger partial charge in [0.05, 0.1) is 10.8 Å². The van der Waals surface area contributed by atoms with Gasteiger partial charge in [0.2, 0.25) is 0 Å². The number of carboxylic acid groups (broad SMARTS) is 2. The van der Waals surface area contributed by atoms with Crippen molar-refractivity contribution in [2.45, 2.75) is 122 Å². The molecule has 4 heteroatoms. The van der Waals surface area contributed by atoms with E-state index in [1.54, 1.807) is 0 Å². The average Bonchev–Trinajstić information content (AvgIpc) is 2.82. The van der Waals surface area contributed by atoms with Crippen molar-refractivity contribution >= 4 is 11.9 Å². The molecule has 186 valence electrons. The fraction of sp³-hybridized carbons (Fsp3) is 0.724. The Kier molecular flexibility index (Phi) is 12.6. The second kappa shape index (κ2) is 15.1. The molecule has 2 aliphatic rings. The summed E-state index contributed by atoms with van der Waals surface area (Å²) in [5.41, 5.74) is -0.998. The van der Waals surface area contributed by atoms with Gasteiger partial charge in [-0.2, -0.15) is 0 Å². The molecule has 2 unspecified atom stereocenters. The van der Waals surface area contributed by atoms with Crippen LogP contribution in [-0.4, -0.2) is 22.2 Å². The van der Waals surface area contributed by atoms with Crippen LogP contribution < -0.4 is 0 Å². The summed E-state index contributed by atoms with van der Waals surface area (Å²) in [6, 6.07) is 0. The molecule has 0 aliphatic heterocycles. The summed E-state index contributed by atoms with van der Waals surface area (Å²) in [5, 5.41) is 19.2. The van der Waals surface area contributed by atoms with Crippen LogP contribution in [0.3, 0.4) is 0 Å². The van der Waals surface area contributed by atoms with Crippen molar-refractivity contribution in [2.24, 2.45) is 10.8 Å². The van der Waals surface area contributed by atoms with E-state index >= 15 is 0 Å². The Morgan fingerprint density at radius 2 is 1.00 bits per heavy atom. The molecule has 33 heavy (non-hydrogen) atoms. The van der Waals surface area contributed by atoms with Crippen LogP contribution in [0, 0.1) is 10.8 Å². The first-order valence-corrected chi connectivity index (χ1v) is 13.4. The topological polar surface area (TPSA) is 74.6 Å². The zero-order valence-corrected chi connectivity index (χ0v) is 20.6. The first-order valence-electron chi connectivity index (χ1n) is 13.4. The lowest BCUT2D eigenvalue weighted by Crippen LogP contribution is -2.31. The number of carbonyl (C=O) groups is 2. The van der Waals surface area contributed by atoms with Gasteiger partial charge in [-0.25, -0.2) is 0 Å². The number of allylic oxidation sites excluding steroid dienone is 6. The summed E-state index contributed by atoms with van der Waals surface area (Å²) in [6.07, 6.45) is 32.0. The molecular weight excluding hydrogens is 412 g/mol. The van der Waals surface area contributed by atoms with E-state index in [9.17, 15) is 19.8 Å². The molecule has 0 aromatic rings. The number of unbranched alkanes of at least 4 members (excludes halogenated alkanes) is 9. The number of hydrogen-bond donors (Lipinski definition) is 2. The zero-order chi connectivity index (χ0) is 23.8. The minimum absolute atomic E-state index is 0.498. The van der Waals surface area contributed by atoms with Crippen LogP contribution in [0.5, 0.6) is 0 Å². The number of aliphatic carboxylic acids is 2. The molecule has 0 heterocycles. The van der Waals surface area contributed by atoms with Crippen LogP contribution in [0.2, 0.25) is 0 Å². The van der Waals surface area contributed by atoms with E-state index in [1.807, 2.05) is 12.2 Å². The molecule has 0 radical (unpaired) electrons. The van der Waals surface area contributed by atoms with Crippen molar-refractivity contribution in [3.63, 3.8) is 0 Å². The van der Waals surface area contributed by atoms with Crippen LogP contribution in [0.1, 0.15) is 122 Å². The van der Waals surface area contributed by atoms with Crippen LogP contribution in [0.4, 0.5) is 0 Å². The van der Waals surface area contributed by atoms with Crippen molar-refractivity contribution in [1.29, 1.82) is 0 Å². The minimum Gasteiger partial charge on any atom is -0.481 e. The molecular formula is C29H46O4. The molecule has 0 aromatic heterocycles. The standard InChI is InChI=1S/C29H46O4/c30-26(31)28(22-16-12-17-23-28)20-14-10-8-6-4-2-1-3-5-7-9-11-15-21-29(27(32)33)24-18-13-19-25-29/h1-2,12-13,16,18H,3-11,14-15,17,19-25H2,(H,30,31)(H,32,33)/b2-1-. The van der Waals surface area contributed by atoms with Gasteiger partial charge >= 0.3 is 11.9 Å². The average molecular weight is 459 g/mol. The monoisotopic (exact) mass is 458 g/mol. The summed E-state index contributed by atoms with van der Waals surface area (Å²) < 4.78 is 0. The second-order valence-electron chi connectivity index (χ2n) is 10.3. The Morgan fingerprint density at radius 3 is 1.36 bits per heavy atom. The number of carboxylic acids is 2. The molecule has 0 aromatic carbocycles. The normalized spacial score (nSPS) is 25.0. The predicted molar refractivity (Wildman–Crippen MR) is 135 cm³/mol. The second-order valence-corrected chi connectivity index (χ2v) is 10.3. The Morgan fingerprint density at radius 1 is 0.606 bits per heavy atom. The van der Waals surface area contributed by atoms with Crippen molar-refractivity contribution in [1.82, 2.24) is 0 Å². The van der Waals surface area contributed by atoms with Crippen molar-refractivity contribution in [3.8, 4) is 0 Å². The van der Waals surface area contributed by atoms with E-state index in [-0.39, 0.29) is 0 Å². The molecule has 2 aliphatic carbocycles. The van der Waals surface area contributed by atoms with Gasteiger partial charge in [-0.15, -0.1) is 0 Å². The highest BCUT2D eigenvalue weighted by Gasteiger charge is 2.38. The summed E-state index contributed by atoms with van der Waals surface area (Å²) in [4.78, 5) is 23.4. The van der Waals surface area contributed by atoms with E-state index in [1.165, 1.54) is 32.1 Å². The molecule has 2 atom stereocenters. The largest absolute Gasteiger partial charge is 0.481 e. The van der Waals surface area contributed by atoms with Crippen LogP contribution >= 0.6 is 0 Å². The molecule has 2 N–H and O–H groups in total. The lowest BCUT2D eigenvalue weighted by Gasteiger charge is -2.30. The van der Waals surface area contributed by atoms with Gasteiger partial charge in [-0.1, -0.05) is 81.4 Å². The third-order valence-electron chi connectivity index (χ3n) is 7.81. The molecule has 0 fully saturated rings. The first-order chi connectivity index (χ1) is 16.0. The summed E-state index contributed by atoms with van der Waals surface area (Å²) >= 11 is 0. The quantitative estimate of drug-likeness (QED) is 0.170. The Bertz CT molecular complexity index is 677. The van der Waals surface area contributed by atoms with Gasteiger partial charge in [-0.05, 0) is 77.0 Å². The van der Waals surface area contributed by atoms with E-state index in [0.29, 0.717) is 12.8 Å². The summed E-state index contributed by atoms with van der Waals surface area (Å²) in [5.74, 6) is -1.22. The molecule has 0 amide bonds. The molecule has 0 saturated heterocycles. The maximum absolute atomic E-state index is 11.7. The Balaban J connectivity index is 1.41. The SMILES string of the molecule is O=C(O)C1(CCCCCC/C=C\CCCCCCCC2(C(=O)O)CC=CCC2)CC=CCC1. The lowest BCUT2D eigenvalue weighted by molar-refractivity contribution is -0.151. The molecule has 0 saturated carbocycles. The van der Waals surface area contributed by atoms with Gasteiger partial charge in [0.15, 0.2) is 0 Å². The predicted octanol–water partition coefficient (Wildman–Crippen LogP) is 8.24. The number of hydrogen-bond acceptors (Lipinski definition) is 2. The fourth-order valence-electron chi connectivity index (χ4n) is 5.40. The van der Waals surface area contributed by atoms with Crippen LogP contribution in [0.25, 0.3) is 0 Å². The van der Waals surface area contributed by atoms with Crippen molar-refractivity contribution in [2.75, 3.05) is 0 Å². The molecule has 2 rings (SSSR count). The molecule has 0 bridgehead atoms. The fourth-order valence-corrected chi connectivity index (χ4v) is 5.40. The van der Waals surface area contributed by atoms with Gasteiger partial charge in [-0.3, -0.25) is 9.59 Å². The Hall–Kier alpha value is -1.84. The van der Waals surface area contributed by atoms with E-state index in [4.69, 9.17) is 0 Å². The van der Waals surface area contributed by atoms with Crippen LogP contribution in [0.15, 0.2) is 36.5 Å². The summed E-state index contributed by atoms with van der Waals surface area (Å²) in [6.45, 7) is 0. The van der Waals surface area contributed by atoms with Gasteiger partial charge in [0.1, 0.15) is 0 Å².